The van der Waals surface area contributed by atoms with Gasteiger partial charge in [0, 0.05) is 25.7 Å². The number of nitrogens with zero attached hydrogens (tertiary/aromatic N) is 2. The van der Waals surface area contributed by atoms with Crippen molar-refractivity contribution in [3.05, 3.63) is 29.8 Å². The first-order valence-electron chi connectivity index (χ1n) is 8.53. The van der Waals surface area contributed by atoms with Crippen LogP contribution in [-0.4, -0.2) is 66.2 Å². The molecule has 1 aliphatic carbocycles. The summed E-state index contributed by atoms with van der Waals surface area (Å²) < 4.78 is 5.19. The molecule has 1 aromatic rings. The van der Waals surface area contributed by atoms with Crippen molar-refractivity contribution >= 4 is 12.0 Å². The minimum Gasteiger partial charge on any atom is -0.497 e. The highest BCUT2D eigenvalue weighted by atomic mass is 16.5. The van der Waals surface area contributed by atoms with Crippen LogP contribution in [0.4, 0.5) is 4.79 Å². The normalized spacial score (nSPS) is 19.2. The summed E-state index contributed by atoms with van der Waals surface area (Å²) in [5.74, 6) is -0.0430. The Kier molecular flexibility index (Phi) is 6.64. The summed E-state index contributed by atoms with van der Waals surface area (Å²) in [6.45, 7) is 3.21. The third kappa shape index (κ3) is 5.35. The Bertz CT molecular complexity index is 602. The Morgan fingerprint density at radius 3 is 2.68 bits per heavy atom. The fourth-order valence-corrected chi connectivity index (χ4v) is 3.08. The van der Waals surface area contributed by atoms with Crippen LogP contribution in [0.5, 0.6) is 5.75 Å². The maximum absolute atomic E-state index is 12.3. The zero-order valence-corrected chi connectivity index (χ0v) is 15.1. The van der Waals surface area contributed by atoms with E-state index in [2.05, 4.69) is 5.32 Å². The molecule has 1 aliphatic rings. The van der Waals surface area contributed by atoms with E-state index in [1.807, 2.05) is 36.1 Å². The van der Waals surface area contributed by atoms with Gasteiger partial charge in [-0.2, -0.15) is 0 Å². The van der Waals surface area contributed by atoms with Crippen LogP contribution >= 0.6 is 0 Å². The number of amides is 2. The predicted octanol–water partition coefficient (Wildman–Crippen LogP) is 1.77. The first-order chi connectivity index (χ1) is 11.9. The summed E-state index contributed by atoms with van der Waals surface area (Å²) in [6, 6.07) is 7.85. The van der Waals surface area contributed by atoms with Crippen molar-refractivity contribution in [1.82, 2.24) is 15.1 Å². The smallest absolute Gasteiger partial charge is 0.317 e. The molecule has 1 aromatic carbocycles. The molecule has 0 radical (unpaired) electrons. The van der Waals surface area contributed by atoms with Gasteiger partial charge < -0.3 is 20.1 Å². The SMILES string of the molecule is CCN(CC(=O)O)C1CC(NC(=O)N(C)Cc2cccc(OC)c2)C1. The number of hydrogen-bond acceptors (Lipinski definition) is 4. The van der Waals surface area contributed by atoms with Crippen LogP contribution in [0.2, 0.25) is 0 Å². The Labute approximate surface area is 148 Å². The molecular weight excluding hydrogens is 322 g/mol. The maximum Gasteiger partial charge on any atom is 0.317 e. The minimum absolute atomic E-state index is 0.0532. The molecule has 25 heavy (non-hydrogen) atoms. The Morgan fingerprint density at radius 2 is 2.08 bits per heavy atom. The van der Waals surface area contributed by atoms with Crippen molar-refractivity contribution in [3.8, 4) is 5.75 Å². The summed E-state index contributed by atoms with van der Waals surface area (Å²) in [6.07, 6.45) is 1.58. The number of methoxy groups -OCH3 is 1. The molecular formula is C18H27N3O4. The van der Waals surface area contributed by atoms with E-state index in [1.165, 1.54) is 0 Å². The number of carbonyl (C=O) groups is 2. The zero-order chi connectivity index (χ0) is 18.4. The lowest BCUT2D eigenvalue weighted by Crippen LogP contribution is -2.56. The topological polar surface area (TPSA) is 82.1 Å². The summed E-state index contributed by atoms with van der Waals surface area (Å²) in [4.78, 5) is 26.7. The minimum atomic E-state index is -0.813. The monoisotopic (exact) mass is 349 g/mol. The van der Waals surface area contributed by atoms with Crippen molar-refractivity contribution in [3.63, 3.8) is 0 Å². The Hall–Kier alpha value is -2.28. The van der Waals surface area contributed by atoms with Gasteiger partial charge in [-0.05, 0) is 37.1 Å². The van der Waals surface area contributed by atoms with Crippen LogP contribution in [0.3, 0.4) is 0 Å². The molecule has 0 spiro atoms. The molecule has 2 amide bonds. The van der Waals surface area contributed by atoms with Crippen molar-refractivity contribution in [2.24, 2.45) is 0 Å². The van der Waals surface area contributed by atoms with Crippen molar-refractivity contribution < 1.29 is 19.4 Å². The lowest BCUT2D eigenvalue weighted by atomic mass is 9.85. The highest BCUT2D eigenvalue weighted by Crippen LogP contribution is 2.25. The van der Waals surface area contributed by atoms with E-state index in [0.29, 0.717) is 13.1 Å². The summed E-state index contributed by atoms with van der Waals surface area (Å²) in [5, 5.41) is 11.9. The maximum atomic E-state index is 12.3. The molecule has 138 valence electrons. The summed E-state index contributed by atoms with van der Waals surface area (Å²) >= 11 is 0. The number of likely N-dealkylation sites (N-methyl/N-ethyl adjacent to an activating group) is 1. The molecule has 0 aromatic heterocycles. The zero-order valence-electron chi connectivity index (χ0n) is 15.1. The van der Waals surface area contributed by atoms with Gasteiger partial charge in [0.15, 0.2) is 0 Å². The first kappa shape index (κ1) is 19.1. The highest BCUT2D eigenvalue weighted by Gasteiger charge is 2.35. The van der Waals surface area contributed by atoms with Gasteiger partial charge in [0.25, 0.3) is 0 Å². The number of benzene rings is 1. The van der Waals surface area contributed by atoms with Crippen LogP contribution in [0.25, 0.3) is 0 Å². The second kappa shape index (κ2) is 8.71. The Balaban J connectivity index is 1.77. The molecule has 0 heterocycles. The molecule has 0 atom stereocenters. The number of hydrogen-bond donors (Lipinski definition) is 2. The van der Waals surface area contributed by atoms with E-state index in [1.54, 1.807) is 19.1 Å². The first-order valence-corrected chi connectivity index (χ1v) is 8.53. The number of nitrogens with one attached hydrogen (secondary N) is 1. The van der Waals surface area contributed by atoms with Crippen LogP contribution in [0.15, 0.2) is 24.3 Å². The third-order valence-electron chi connectivity index (χ3n) is 4.60. The molecule has 0 saturated heterocycles. The average molecular weight is 349 g/mol. The van der Waals surface area contributed by atoms with Crippen LogP contribution in [0.1, 0.15) is 25.3 Å². The highest BCUT2D eigenvalue weighted by molar-refractivity contribution is 5.74. The van der Waals surface area contributed by atoms with E-state index in [4.69, 9.17) is 9.84 Å². The van der Waals surface area contributed by atoms with Gasteiger partial charge >= 0.3 is 12.0 Å². The van der Waals surface area contributed by atoms with Gasteiger partial charge in [0.1, 0.15) is 5.75 Å². The molecule has 2 N–H and O–H groups in total. The molecule has 0 unspecified atom stereocenters. The third-order valence-corrected chi connectivity index (χ3v) is 4.60. The molecule has 1 fully saturated rings. The fourth-order valence-electron chi connectivity index (χ4n) is 3.08. The molecule has 7 nitrogen and oxygen atoms in total. The van der Waals surface area contributed by atoms with E-state index >= 15 is 0 Å². The lowest BCUT2D eigenvalue weighted by molar-refractivity contribution is -0.139. The lowest BCUT2D eigenvalue weighted by Gasteiger charge is -2.42. The molecule has 0 bridgehead atoms. The van der Waals surface area contributed by atoms with Gasteiger partial charge in [-0.25, -0.2) is 4.79 Å². The van der Waals surface area contributed by atoms with Crippen LogP contribution in [-0.2, 0) is 11.3 Å². The average Bonchev–Trinajstić information content (AvgIpc) is 2.55. The largest absolute Gasteiger partial charge is 0.497 e. The van der Waals surface area contributed by atoms with Gasteiger partial charge in [0.2, 0.25) is 0 Å². The number of carboxylic acids is 1. The molecule has 2 rings (SSSR count). The van der Waals surface area contributed by atoms with E-state index in [0.717, 1.165) is 24.2 Å². The number of ether oxygens (including phenoxy) is 1. The van der Waals surface area contributed by atoms with E-state index in [-0.39, 0.29) is 24.7 Å². The number of aliphatic carboxylic acids is 1. The van der Waals surface area contributed by atoms with Crippen molar-refractivity contribution in [2.75, 3.05) is 27.2 Å². The van der Waals surface area contributed by atoms with Crippen molar-refractivity contribution in [2.45, 2.75) is 38.4 Å². The quantitative estimate of drug-likeness (QED) is 0.747. The molecule has 7 heteroatoms. The van der Waals surface area contributed by atoms with Crippen LogP contribution < -0.4 is 10.1 Å². The van der Waals surface area contributed by atoms with E-state index in [9.17, 15) is 9.59 Å². The second-order valence-corrected chi connectivity index (χ2v) is 6.44. The standard InChI is InChI=1S/C18H27N3O4/c1-4-21(12-17(22)23)15-9-14(10-15)19-18(24)20(2)11-13-6-5-7-16(8-13)25-3/h5-8,14-15H,4,9-12H2,1-3H3,(H,19,24)(H,22,23). The Morgan fingerprint density at radius 1 is 1.36 bits per heavy atom. The van der Waals surface area contributed by atoms with E-state index < -0.39 is 5.97 Å². The number of carboxylic acid groups (broad SMARTS) is 1. The second-order valence-electron chi connectivity index (χ2n) is 6.44. The van der Waals surface area contributed by atoms with Crippen LogP contribution in [0, 0.1) is 0 Å². The summed E-state index contributed by atoms with van der Waals surface area (Å²) in [7, 11) is 3.38. The van der Waals surface area contributed by atoms with Gasteiger partial charge in [-0.15, -0.1) is 0 Å². The number of carbonyl (C=O) groups excluding carboxylic acids is 1. The fraction of sp³-hybridized carbons (Fsp3) is 0.556. The summed E-state index contributed by atoms with van der Waals surface area (Å²) in [5.41, 5.74) is 1.00. The van der Waals surface area contributed by atoms with Crippen molar-refractivity contribution in [1.29, 1.82) is 0 Å². The predicted molar refractivity (Wildman–Crippen MR) is 94.7 cm³/mol. The number of rotatable bonds is 8. The van der Waals surface area contributed by atoms with Gasteiger partial charge in [-0.1, -0.05) is 19.1 Å². The number of urea groups is 1. The molecule has 1 saturated carbocycles. The molecule has 0 aliphatic heterocycles. The van der Waals surface area contributed by atoms with Gasteiger partial charge in [-0.3, -0.25) is 9.69 Å². The van der Waals surface area contributed by atoms with Gasteiger partial charge in [0.05, 0.1) is 13.7 Å².